The number of hydrogen-bond donors (Lipinski definition) is 0. The fraction of sp³-hybridized carbons (Fsp3) is 0.538. The van der Waals surface area contributed by atoms with E-state index in [1.165, 1.54) is 0 Å². The SMILES string of the molecule is C[C@@H]1OB(c2ccccc2)OC(C)(C)[C@H]1C. The van der Waals surface area contributed by atoms with Crippen LogP contribution < -0.4 is 5.46 Å². The van der Waals surface area contributed by atoms with Crippen molar-refractivity contribution in [3.8, 4) is 0 Å². The maximum absolute atomic E-state index is 6.02. The van der Waals surface area contributed by atoms with Crippen molar-refractivity contribution in [3.63, 3.8) is 0 Å². The molecule has 2 atom stereocenters. The molecule has 0 radical (unpaired) electrons. The third-order valence-electron chi connectivity index (χ3n) is 3.62. The van der Waals surface area contributed by atoms with Gasteiger partial charge in [0.1, 0.15) is 0 Å². The van der Waals surface area contributed by atoms with Crippen molar-refractivity contribution in [2.45, 2.75) is 39.4 Å². The van der Waals surface area contributed by atoms with Crippen molar-refractivity contribution in [1.29, 1.82) is 0 Å². The summed E-state index contributed by atoms with van der Waals surface area (Å²) in [6, 6.07) is 10.1. The minimum Gasteiger partial charge on any atom is -0.404 e. The molecule has 1 aromatic carbocycles. The molecule has 1 heterocycles. The number of benzene rings is 1. The topological polar surface area (TPSA) is 18.5 Å². The lowest BCUT2D eigenvalue weighted by Gasteiger charge is -2.44. The van der Waals surface area contributed by atoms with E-state index in [2.05, 4.69) is 27.7 Å². The second kappa shape index (κ2) is 4.23. The van der Waals surface area contributed by atoms with Crippen molar-refractivity contribution in [2.24, 2.45) is 5.92 Å². The molecule has 0 spiro atoms. The zero-order valence-electron chi connectivity index (χ0n) is 10.4. The summed E-state index contributed by atoms with van der Waals surface area (Å²) in [5.41, 5.74) is 0.951. The Morgan fingerprint density at radius 2 is 1.75 bits per heavy atom. The summed E-state index contributed by atoms with van der Waals surface area (Å²) in [7, 11) is -0.234. The average molecular weight is 218 g/mol. The highest BCUT2D eigenvalue weighted by Crippen LogP contribution is 2.31. The van der Waals surface area contributed by atoms with Gasteiger partial charge in [0, 0.05) is 12.0 Å². The van der Waals surface area contributed by atoms with E-state index in [0.29, 0.717) is 5.92 Å². The predicted octanol–water partition coefficient (Wildman–Crippen LogP) is 2.23. The van der Waals surface area contributed by atoms with Gasteiger partial charge in [0.25, 0.3) is 0 Å². The summed E-state index contributed by atoms with van der Waals surface area (Å²) < 4.78 is 11.9. The van der Waals surface area contributed by atoms with E-state index in [1.54, 1.807) is 0 Å². The van der Waals surface area contributed by atoms with E-state index in [9.17, 15) is 0 Å². The zero-order chi connectivity index (χ0) is 11.8. The van der Waals surface area contributed by atoms with Crippen molar-refractivity contribution in [2.75, 3.05) is 0 Å². The molecule has 86 valence electrons. The lowest BCUT2D eigenvalue weighted by molar-refractivity contribution is -0.0724. The van der Waals surface area contributed by atoms with Gasteiger partial charge >= 0.3 is 7.12 Å². The first-order valence-electron chi connectivity index (χ1n) is 5.89. The summed E-state index contributed by atoms with van der Waals surface area (Å²) in [6.45, 7) is 8.55. The highest BCUT2D eigenvalue weighted by Gasteiger charge is 2.43. The molecule has 0 amide bonds. The van der Waals surface area contributed by atoms with Crippen LogP contribution in [0.5, 0.6) is 0 Å². The Labute approximate surface area is 98.1 Å². The van der Waals surface area contributed by atoms with Crippen LogP contribution in [0.25, 0.3) is 0 Å². The smallest absolute Gasteiger partial charge is 0.404 e. The van der Waals surface area contributed by atoms with Crippen LogP contribution in [-0.2, 0) is 9.31 Å². The molecule has 1 aromatic rings. The van der Waals surface area contributed by atoms with Crippen LogP contribution in [-0.4, -0.2) is 18.8 Å². The first kappa shape index (κ1) is 11.7. The third kappa shape index (κ3) is 2.16. The zero-order valence-corrected chi connectivity index (χ0v) is 10.4. The van der Waals surface area contributed by atoms with E-state index in [4.69, 9.17) is 9.31 Å². The predicted molar refractivity (Wildman–Crippen MR) is 66.7 cm³/mol. The monoisotopic (exact) mass is 218 g/mol. The first-order chi connectivity index (χ1) is 7.50. The molecule has 0 aromatic heterocycles. The molecule has 1 aliphatic heterocycles. The molecule has 0 bridgehead atoms. The van der Waals surface area contributed by atoms with Gasteiger partial charge in [-0.3, -0.25) is 0 Å². The second-order valence-electron chi connectivity index (χ2n) is 5.09. The van der Waals surface area contributed by atoms with Crippen molar-refractivity contribution in [3.05, 3.63) is 30.3 Å². The van der Waals surface area contributed by atoms with Crippen molar-refractivity contribution < 1.29 is 9.31 Å². The number of hydrogen-bond acceptors (Lipinski definition) is 2. The van der Waals surface area contributed by atoms with E-state index in [1.807, 2.05) is 30.3 Å². The Balaban J connectivity index is 2.20. The van der Waals surface area contributed by atoms with E-state index in [0.717, 1.165) is 5.46 Å². The largest absolute Gasteiger partial charge is 0.494 e. The fourth-order valence-corrected chi connectivity index (χ4v) is 2.05. The average Bonchev–Trinajstić information content (AvgIpc) is 2.26. The van der Waals surface area contributed by atoms with Gasteiger partial charge in [-0.05, 0) is 26.2 Å². The van der Waals surface area contributed by atoms with Crippen LogP contribution in [0.3, 0.4) is 0 Å². The van der Waals surface area contributed by atoms with Gasteiger partial charge in [0.15, 0.2) is 0 Å². The normalized spacial score (nSPS) is 29.1. The van der Waals surface area contributed by atoms with E-state index < -0.39 is 0 Å². The van der Waals surface area contributed by atoms with Gasteiger partial charge < -0.3 is 9.31 Å². The molecular weight excluding hydrogens is 199 g/mol. The van der Waals surface area contributed by atoms with Crippen molar-refractivity contribution >= 4 is 12.6 Å². The van der Waals surface area contributed by atoms with E-state index in [-0.39, 0.29) is 18.8 Å². The fourth-order valence-electron chi connectivity index (χ4n) is 2.05. The summed E-state index contributed by atoms with van der Waals surface area (Å²) in [4.78, 5) is 0. The van der Waals surface area contributed by atoms with Crippen LogP contribution >= 0.6 is 0 Å². The minimum atomic E-state index is -0.234. The summed E-state index contributed by atoms with van der Waals surface area (Å²) in [5, 5.41) is 0. The Kier molecular flexibility index (Phi) is 3.09. The molecule has 3 heteroatoms. The van der Waals surface area contributed by atoms with Gasteiger partial charge in [-0.2, -0.15) is 0 Å². The minimum absolute atomic E-state index is 0.141. The Morgan fingerprint density at radius 3 is 2.31 bits per heavy atom. The van der Waals surface area contributed by atoms with Crippen LogP contribution in [0.4, 0.5) is 0 Å². The lowest BCUT2D eigenvalue weighted by Crippen LogP contribution is -2.56. The van der Waals surface area contributed by atoms with E-state index >= 15 is 0 Å². The molecule has 2 nitrogen and oxygen atoms in total. The highest BCUT2D eigenvalue weighted by molar-refractivity contribution is 6.61. The summed E-state index contributed by atoms with van der Waals surface area (Å²) in [6.07, 6.45) is 0.217. The molecule has 16 heavy (non-hydrogen) atoms. The van der Waals surface area contributed by atoms with Crippen LogP contribution in [0.15, 0.2) is 30.3 Å². The molecule has 0 aliphatic carbocycles. The molecule has 1 aliphatic rings. The first-order valence-corrected chi connectivity index (χ1v) is 5.89. The molecule has 1 saturated heterocycles. The van der Waals surface area contributed by atoms with Gasteiger partial charge in [-0.25, -0.2) is 0 Å². The maximum atomic E-state index is 6.02. The van der Waals surface area contributed by atoms with Crippen molar-refractivity contribution in [1.82, 2.24) is 0 Å². The van der Waals surface area contributed by atoms with Gasteiger partial charge in [0.05, 0.1) is 5.60 Å². The Bertz CT molecular complexity index is 350. The van der Waals surface area contributed by atoms with Gasteiger partial charge in [-0.15, -0.1) is 0 Å². The number of rotatable bonds is 1. The van der Waals surface area contributed by atoms with Crippen LogP contribution in [0.2, 0.25) is 0 Å². The summed E-state index contributed by atoms with van der Waals surface area (Å²) >= 11 is 0. The molecular formula is C13H19BO2. The second-order valence-corrected chi connectivity index (χ2v) is 5.09. The molecule has 0 N–H and O–H groups in total. The maximum Gasteiger partial charge on any atom is 0.494 e. The standard InChI is InChI=1S/C13H19BO2/c1-10-11(2)15-14(16-13(10,3)4)12-8-6-5-7-9-12/h5-11H,1-4H3/t10-,11-/m0/s1. The molecule has 1 fully saturated rings. The summed E-state index contributed by atoms with van der Waals surface area (Å²) in [5.74, 6) is 0.396. The molecule has 0 saturated carbocycles. The van der Waals surface area contributed by atoms with Crippen LogP contribution in [0, 0.1) is 5.92 Å². The Morgan fingerprint density at radius 1 is 1.12 bits per heavy atom. The quantitative estimate of drug-likeness (QED) is 0.673. The van der Waals surface area contributed by atoms with Gasteiger partial charge in [0.2, 0.25) is 0 Å². The Hall–Kier alpha value is -0.795. The highest BCUT2D eigenvalue weighted by atomic mass is 16.6. The van der Waals surface area contributed by atoms with Gasteiger partial charge in [-0.1, -0.05) is 37.3 Å². The molecule has 0 unspecified atom stereocenters. The lowest BCUT2D eigenvalue weighted by atomic mass is 9.72. The van der Waals surface area contributed by atoms with Crippen LogP contribution in [0.1, 0.15) is 27.7 Å². The molecule has 2 rings (SSSR count). The third-order valence-corrected chi connectivity index (χ3v) is 3.62.